The van der Waals surface area contributed by atoms with Crippen LogP contribution >= 0.6 is 11.6 Å². The fourth-order valence-corrected chi connectivity index (χ4v) is 2.88. The average molecular weight is 475 g/mol. The molecule has 0 aliphatic carbocycles. The number of nitro benzene ring substituents is 1. The van der Waals surface area contributed by atoms with Gasteiger partial charge in [0.05, 0.1) is 47.5 Å². The number of nitro groups is 1. The standard InChI is InChI=1S/C19H18ClF3N4O5/c1-26(9-17(28)24-11-3-5-14(20)13(7-11)19(21,22)23)10-18(29)25-15-6-4-12(27(30)31)8-16(15)32-2/h3-8H,9-10H2,1-2H3,(H,24,28)(H,25,29). The molecule has 2 aromatic carbocycles. The molecular formula is C19H18ClF3N4O5. The molecule has 0 saturated heterocycles. The molecule has 0 saturated carbocycles. The van der Waals surface area contributed by atoms with Crippen molar-refractivity contribution in [2.24, 2.45) is 0 Å². The highest BCUT2D eigenvalue weighted by atomic mass is 35.5. The number of hydrogen-bond donors (Lipinski definition) is 2. The lowest BCUT2D eigenvalue weighted by Gasteiger charge is -2.17. The summed E-state index contributed by atoms with van der Waals surface area (Å²) in [5.41, 5.74) is -1.20. The maximum Gasteiger partial charge on any atom is 0.417 e. The van der Waals surface area contributed by atoms with E-state index in [1.165, 1.54) is 37.3 Å². The molecule has 0 spiro atoms. The van der Waals surface area contributed by atoms with Crippen LogP contribution in [0.2, 0.25) is 5.02 Å². The molecule has 0 heterocycles. The number of carbonyl (C=O) groups excluding carboxylic acids is 2. The van der Waals surface area contributed by atoms with Crippen LogP contribution in [-0.4, -0.2) is 48.9 Å². The number of nitrogens with one attached hydrogen (secondary N) is 2. The van der Waals surface area contributed by atoms with Gasteiger partial charge in [-0.3, -0.25) is 24.6 Å². The molecule has 172 valence electrons. The van der Waals surface area contributed by atoms with Crippen molar-refractivity contribution in [3.8, 4) is 5.75 Å². The number of halogens is 4. The van der Waals surface area contributed by atoms with Gasteiger partial charge in [0.1, 0.15) is 5.75 Å². The van der Waals surface area contributed by atoms with Crippen LogP contribution in [0.5, 0.6) is 5.75 Å². The minimum atomic E-state index is -4.67. The SMILES string of the molecule is COc1cc([N+](=O)[O-])ccc1NC(=O)CN(C)CC(=O)Nc1ccc(Cl)c(C(F)(F)F)c1. The third kappa shape index (κ3) is 6.82. The summed E-state index contributed by atoms with van der Waals surface area (Å²) in [4.78, 5) is 35.9. The van der Waals surface area contributed by atoms with Crippen LogP contribution in [0.1, 0.15) is 5.56 Å². The van der Waals surface area contributed by atoms with Gasteiger partial charge in [-0.2, -0.15) is 13.2 Å². The third-order valence-corrected chi connectivity index (χ3v) is 4.38. The number of non-ortho nitro benzene ring substituents is 1. The molecule has 2 N–H and O–H groups in total. The monoisotopic (exact) mass is 474 g/mol. The molecule has 0 aliphatic heterocycles. The number of methoxy groups -OCH3 is 1. The molecular weight excluding hydrogens is 457 g/mol. The van der Waals surface area contributed by atoms with E-state index in [1.807, 2.05) is 0 Å². The minimum Gasteiger partial charge on any atom is -0.494 e. The van der Waals surface area contributed by atoms with Gasteiger partial charge in [0, 0.05) is 11.8 Å². The highest BCUT2D eigenvalue weighted by Crippen LogP contribution is 2.36. The quantitative estimate of drug-likeness (QED) is 0.444. The van der Waals surface area contributed by atoms with Crippen LogP contribution in [0.15, 0.2) is 36.4 Å². The number of hydrogen-bond acceptors (Lipinski definition) is 6. The Morgan fingerprint density at radius 3 is 2.31 bits per heavy atom. The summed E-state index contributed by atoms with van der Waals surface area (Å²) >= 11 is 5.54. The van der Waals surface area contributed by atoms with Gasteiger partial charge in [-0.05, 0) is 31.3 Å². The van der Waals surface area contributed by atoms with E-state index in [4.69, 9.17) is 16.3 Å². The van der Waals surface area contributed by atoms with Gasteiger partial charge < -0.3 is 15.4 Å². The molecule has 2 amide bonds. The topological polar surface area (TPSA) is 114 Å². The average Bonchev–Trinajstić information content (AvgIpc) is 2.68. The highest BCUT2D eigenvalue weighted by molar-refractivity contribution is 6.31. The lowest BCUT2D eigenvalue weighted by molar-refractivity contribution is -0.384. The summed E-state index contributed by atoms with van der Waals surface area (Å²) in [5.74, 6) is -1.11. The van der Waals surface area contributed by atoms with Crippen molar-refractivity contribution in [1.82, 2.24) is 4.90 Å². The van der Waals surface area contributed by atoms with Crippen LogP contribution in [0.3, 0.4) is 0 Å². The molecule has 2 aromatic rings. The lowest BCUT2D eigenvalue weighted by Crippen LogP contribution is -2.36. The summed E-state index contributed by atoms with van der Waals surface area (Å²) in [5, 5.41) is 15.2. The number of amides is 2. The summed E-state index contributed by atoms with van der Waals surface area (Å²) in [6.45, 7) is -0.545. The Hall–Kier alpha value is -3.38. The van der Waals surface area contributed by atoms with Gasteiger partial charge in [-0.25, -0.2) is 0 Å². The summed E-state index contributed by atoms with van der Waals surface area (Å²) in [6, 6.07) is 6.61. The minimum absolute atomic E-state index is 0.0798. The molecule has 0 radical (unpaired) electrons. The van der Waals surface area contributed by atoms with Crippen LogP contribution in [0, 0.1) is 10.1 Å². The predicted octanol–water partition coefficient (Wildman–Crippen LogP) is 3.78. The summed E-state index contributed by atoms with van der Waals surface area (Å²) < 4.78 is 43.8. The van der Waals surface area contributed by atoms with Gasteiger partial charge >= 0.3 is 6.18 Å². The molecule has 0 unspecified atom stereocenters. The van der Waals surface area contributed by atoms with Crippen LogP contribution in [0.4, 0.5) is 30.2 Å². The molecule has 0 aromatic heterocycles. The van der Waals surface area contributed by atoms with E-state index >= 15 is 0 Å². The van der Waals surface area contributed by atoms with Crippen molar-refractivity contribution in [2.75, 3.05) is 37.9 Å². The maximum absolute atomic E-state index is 12.9. The number of carbonyl (C=O) groups is 2. The molecule has 0 fully saturated rings. The smallest absolute Gasteiger partial charge is 0.417 e. The lowest BCUT2D eigenvalue weighted by atomic mass is 10.2. The molecule has 0 atom stereocenters. The summed E-state index contributed by atoms with van der Waals surface area (Å²) in [6.07, 6.45) is -4.67. The maximum atomic E-state index is 12.9. The molecule has 0 bridgehead atoms. The fraction of sp³-hybridized carbons (Fsp3) is 0.263. The second-order valence-electron chi connectivity index (χ2n) is 6.60. The van der Waals surface area contributed by atoms with E-state index in [0.717, 1.165) is 12.1 Å². The Kier molecular flexibility index (Phi) is 8.00. The zero-order valence-corrected chi connectivity index (χ0v) is 17.6. The normalized spacial score (nSPS) is 11.2. The number of anilines is 2. The van der Waals surface area contributed by atoms with Gasteiger partial charge in [-0.15, -0.1) is 0 Å². The van der Waals surface area contributed by atoms with Crippen molar-refractivity contribution in [1.29, 1.82) is 0 Å². The van der Waals surface area contributed by atoms with Crippen molar-refractivity contribution in [3.63, 3.8) is 0 Å². The van der Waals surface area contributed by atoms with Crippen molar-refractivity contribution in [3.05, 3.63) is 57.1 Å². The Bertz CT molecular complexity index is 1030. The fourth-order valence-electron chi connectivity index (χ4n) is 2.65. The largest absolute Gasteiger partial charge is 0.494 e. The van der Waals surface area contributed by atoms with E-state index in [2.05, 4.69) is 10.6 Å². The Labute approximate surface area is 185 Å². The first-order chi connectivity index (χ1) is 14.9. The van der Waals surface area contributed by atoms with Crippen LogP contribution in [0.25, 0.3) is 0 Å². The highest BCUT2D eigenvalue weighted by Gasteiger charge is 2.33. The number of alkyl halides is 3. The number of ether oxygens (including phenoxy) is 1. The predicted molar refractivity (Wildman–Crippen MR) is 111 cm³/mol. The van der Waals surface area contributed by atoms with Gasteiger partial charge in [0.25, 0.3) is 5.69 Å². The Balaban J connectivity index is 1.95. The van der Waals surface area contributed by atoms with Gasteiger partial charge in [0.2, 0.25) is 11.8 Å². The number of likely N-dealkylation sites (N-methyl/N-ethyl adjacent to an activating group) is 1. The second kappa shape index (κ2) is 10.3. The van der Waals surface area contributed by atoms with E-state index in [9.17, 15) is 32.9 Å². The Morgan fingerprint density at radius 2 is 1.75 bits per heavy atom. The zero-order valence-electron chi connectivity index (χ0n) is 16.8. The van der Waals surface area contributed by atoms with E-state index < -0.39 is 33.5 Å². The van der Waals surface area contributed by atoms with E-state index in [0.29, 0.717) is 6.07 Å². The Morgan fingerprint density at radius 1 is 1.12 bits per heavy atom. The van der Waals surface area contributed by atoms with E-state index in [1.54, 1.807) is 0 Å². The first-order valence-electron chi connectivity index (χ1n) is 8.88. The molecule has 9 nitrogen and oxygen atoms in total. The number of benzene rings is 2. The first-order valence-corrected chi connectivity index (χ1v) is 9.26. The number of rotatable bonds is 8. The van der Waals surface area contributed by atoms with Gasteiger partial charge in [0.15, 0.2) is 0 Å². The van der Waals surface area contributed by atoms with Crippen molar-refractivity contribution in [2.45, 2.75) is 6.18 Å². The van der Waals surface area contributed by atoms with Gasteiger partial charge in [-0.1, -0.05) is 11.6 Å². The summed E-state index contributed by atoms with van der Waals surface area (Å²) in [7, 11) is 2.74. The van der Waals surface area contributed by atoms with Crippen molar-refractivity contribution >= 4 is 40.5 Å². The zero-order chi connectivity index (χ0) is 24.1. The third-order valence-electron chi connectivity index (χ3n) is 4.05. The molecule has 0 aliphatic rings. The van der Waals surface area contributed by atoms with Crippen LogP contribution in [-0.2, 0) is 15.8 Å². The van der Waals surface area contributed by atoms with Crippen LogP contribution < -0.4 is 15.4 Å². The molecule has 13 heteroatoms. The van der Waals surface area contributed by atoms with Crippen molar-refractivity contribution < 1.29 is 32.4 Å². The number of nitrogens with zero attached hydrogens (tertiary/aromatic N) is 2. The second-order valence-corrected chi connectivity index (χ2v) is 7.01. The first kappa shape index (κ1) is 24.9. The molecule has 32 heavy (non-hydrogen) atoms. The molecule has 2 rings (SSSR count). The van der Waals surface area contributed by atoms with E-state index in [-0.39, 0.29) is 35.9 Å².